The van der Waals surface area contributed by atoms with E-state index in [4.69, 9.17) is 4.98 Å². The minimum Gasteiger partial charge on any atom is -0.254 e. The van der Waals surface area contributed by atoms with Crippen LogP contribution in [-0.4, -0.2) is 18.0 Å². The Kier molecular flexibility index (Phi) is 4.70. The lowest BCUT2D eigenvalue weighted by Gasteiger charge is -2.21. The lowest BCUT2D eigenvalue weighted by Crippen LogP contribution is -2.49. The molecule has 0 saturated carbocycles. The van der Waals surface area contributed by atoms with E-state index in [0.29, 0.717) is 0 Å². The van der Waals surface area contributed by atoms with Crippen molar-refractivity contribution in [1.82, 2.24) is 9.97 Å². The summed E-state index contributed by atoms with van der Waals surface area (Å²) in [4.78, 5) is 9.63. The van der Waals surface area contributed by atoms with Gasteiger partial charge in [-0.1, -0.05) is 110 Å². The summed E-state index contributed by atoms with van der Waals surface area (Å²) in [5.41, 5.74) is 9.29. The monoisotopic (exact) mass is 514 g/mol. The van der Waals surface area contributed by atoms with E-state index in [1.807, 2.05) is 12.3 Å². The van der Waals surface area contributed by atoms with Crippen LogP contribution in [0.3, 0.4) is 0 Å². The number of fused-ring (bicyclic) bond motifs is 8. The van der Waals surface area contributed by atoms with Crippen LogP contribution in [0.5, 0.6) is 0 Å². The highest BCUT2D eigenvalue weighted by molar-refractivity contribution is 7.05. The molecule has 0 bridgehead atoms. The second-order valence-corrected chi connectivity index (χ2v) is 15.4. The normalized spacial score (nSPS) is 13.6. The Morgan fingerprint density at radius 3 is 2.13 bits per heavy atom. The van der Waals surface area contributed by atoms with Crippen LogP contribution in [0.2, 0.25) is 13.1 Å². The summed E-state index contributed by atoms with van der Waals surface area (Å²) in [6.07, 6.45) is 1.84. The predicted molar refractivity (Wildman–Crippen MR) is 168 cm³/mol. The molecular formula is C36H26N2Si. The van der Waals surface area contributed by atoms with Crippen molar-refractivity contribution in [3.05, 3.63) is 121 Å². The number of nitrogens with zero attached hydrogens (tertiary/aromatic N) is 2. The van der Waals surface area contributed by atoms with Gasteiger partial charge >= 0.3 is 0 Å². The maximum absolute atomic E-state index is 5.02. The Labute approximate surface area is 228 Å². The number of hydrogen-bond donors (Lipinski definition) is 0. The van der Waals surface area contributed by atoms with Crippen LogP contribution in [0, 0.1) is 0 Å². The Hall–Kier alpha value is -4.60. The fraction of sp³-hybridized carbons (Fsp3) is 0.0556. The molecular weight excluding hydrogens is 488 g/mol. The average molecular weight is 515 g/mol. The summed E-state index contributed by atoms with van der Waals surface area (Å²) in [5, 5.41) is 8.08. The zero-order valence-electron chi connectivity index (χ0n) is 21.9. The first-order valence-electron chi connectivity index (χ1n) is 13.5. The molecule has 0 unspecified atom stereocenters. The molecule has 7 aromatic rings. The highest BCUT2D eigenvalue weighted by Gasteiger charge is 2.38. The predicted octanol–water partition coefficient (Wildman–Crippen LogP) is 8.07. The zero-order chi connectivity index (χ0) is 26.1. The van der Waals surface area contributed by atoms with Crippen molar-refractivity contribution in [3.63, 3.8) is 0 Å². The molecule has 184 valence electrons. The lowest BCUT2D eigenvalue weighted by molar-refractivity contribution is 1.37. The summed E-state index contributed by atoms with van der Waals surface area (Å²) >= 11 is 0. The highest BCUT2D eigenvalue weighted by atomic mass is 28.3. The highest BCUT2D eigenvalue weighted by Crippen LogP contribution is 2.34. The SMILES string of the molecule is C[Si]1(C)c2ccccc2-c2ccc3cc(-c4ccc(-c5ccc6ccc7cccnc7c6n5)cc4)ccc3c21. The number of aromatic nitrogens is 2. The fourth-order valence-electron chi connectivity index (χ4n) is 6.52. The maximum atomic E-state index is 5.02. The molecule has 0 fully saturated rings. The van der Waals surface area contributed by atoms with E-state index >= 15 is 0 Å². The van der Waals surface area contributed by atoms with E-state index < -0.39 is 8.07 Å². The van der Waals surface area contributed by atoms with E-state index in [-0.39, 0.29) is 0 Å². The molecule has 0 saturated heterocycles. The quantitative estimate of drug-likeness (QED) is 0.172. The van der Waals surface area contributed by atoms with Gasteiger partial charge in [-0.25, -0.2) is 4.98 Å². The van der Waals surface area contributed by atoms with Crippen molar-refractivity contribution in [2.24, 2.45) is 0 Å². The smallest absolute Gasteiger partial charge is 0.114 e. The molecule has 39 heavy (non-hydrogen) atoms. The van der Waals surface area contributed by atoms with Gasteiger partial charge in [-0.3, -0.25) is 4.98 Å². The van der Waals surface area contributed by atoms with E-state index in [0.717, 1.165) is 33.1 Å². The van der Waals surface area contributed by atoms with Gasteiger partial charge in [0, 0.05) is 22.5 Å². The third-order valence-corrected chi connectivity index (χ3v) is 12.1. The van der Waals surface area contributed by atoms with Crippen LogP contribution in [0.1, 0.15) is 0 Å². The molecule has 1 aliphatic rings. The third-order valence-electron chi connectivity index (χ3n) is 8.48. The molecule has 3 heteroatoms. The van der Waals surface area contributed by atoms with Crippen molar-refractivity contribution >= 4 is 51.0 Å². The van der Waals surface area contributed by atoms with E-state index in [9.17, 15) is 0 Å². The molecule has 0 aliphatic carbocycles. The van der Waals surface area contributed by atoms with E-state index in [2.05, 4.69) is 127 Å². The number of benzene rings is 5. The van der Waals surface area contributed by atoms with Crippen LogP contribution in [0.15, 0.2) is 121 Å². The average Bonchev–Trinajstić information content (AvgIpc) is 3.23. The van der Waals surface area contributed by atoms with Gasteiger partial charge in [-0.15, -0.1) is 0 Å². The number of rotatable bonds is 2. The summed E-state index contributed by atoms with van der Waals surface area (Å²) < 4.78 is 0. The van der Waals surface area contributed by atoms with Gasteiger partial charge in [0.15, 0.2) is 0 Å². The fourth-order valence-corrected chi connectivity index (χ4v) is 9.99. The summed E-state index contributed by atoms with van der Waals surface area (Å²) in [7, 11) is -1.74. The van der Waals surface area contributed by atoms with Crippen LogP contribution >= 0.6 is 0 Å². The van der Waals surface area contributed by atoms with Crippen molar-refractivity contribution in [1.29, 1.82) is 0 Å². The van der Waals surface area contributed by atoms with Crippen molar-refractivity contribution in [2.45, 2.75) is 13.1 Å². The number of hydrogen-bond acceptors (Lipinski definition) is 2. The standard InChI is InChI=1S/C36H26N2Si/c1-39(2)33-8-4-3-7-30(33)31-19-16-28-22-27(15-18-29(28)36(31)39)23-9-11-24(12-10-23)32-20-17-26-14-13-25-6-5-21-37-34(25)35(26)38-32/h3-22H,1-2H3. The molecule has 0 atom stereocenters. The summed E-state index contributed by atoms with van der Waals surface area (Å²) in [6.45, 7) is 4.98. The molecule has 0 amide bonds. The second-order valence-electron chi connectivity index (χ2n) is 11.1. The minimum atomic E-state index is -1.74. The van der Waals surface area contributed by atoms with Crippen LogP contribution < -0.4 is 10.4 Å². The first-order valence-corrected chi connectivity index (χ1v) is 16.5. The van der Waals surface area contributed by atoms with E-state index in [1.165, 1.54) is 33.0 Å². The van der Waals surface area contributed by atoms with Crippen LogP contribution in [0.4, 0.5) is 0 Å². The van der Waals surface area contributed by atoms with Gasteiger partial charge in [0.05, 0.1) is 16.7 Å². The largest absolute Gasteiger partial charge is 0.254 e. The summed E-state index contributed by atoms with van der Waals surface area (Å²) in [5.74, 6) is 0. The second kappa shape index (κ2) is 8.20. The van der Waals surface area contributed by atoms with Gasteiger partial charge in [0.1, 0.15) is 8.07 Å². The number of pyridine rings is 2. The molecule has 0 N–H and O–H groups in total. The van der Waals surface area contributed by atoms with Crippen LogP contribution in [0.25, 0.3) is 66.1 Å². The van der Waals surface area contributed by atoms with Crippen molar-refractivity contribution in [2.75, 3.05) is 0 Å². The molecule has 2 aromatic heterocycles. The molecule has 8 rings (SSSR count). The summed E-state index contributed by atoms with van der Waals surface area (Å²) in [6, 6.07) is 42.0. The lowest BCUT2D eigenvalue weighted by atomic mass is 9.97. The molecule has 3 heterocycles. The zero-order valence-corrected chi connectivity index (χ0v) is 22.9. The Morgan fingerprint density at radius 1 is 0.538 bits per heavy atom. The molecule has 0 spiro atoms. The van der Waals surface area contributed by atoms with Crippen LogP contribution in [-0.2, 0) is 0 Å². The Bertz CT molecular complexity index is 2090. The van der Waals surface area contributed by atoms with Crippen molar-refractivity contribution < 1.29 is 0 Å². The topological polar surface area (TPSA) is 25.8 Å². The van der Waals surface area contributed by atoms with Gasteiger partial charge in [-0.2, -0.15) is 0 Å². The third kappa shape index (κ3) is 3.33. The Balaban J connectivity index is 1.18. The first kappa shape index (κ1) is 22.4. The van der Waals surface area contributed by atoms with Gasteiger partial charge in [0.2, 0.25) is 0 Å². The maximum Gasteiger partial charge on any atom is 0.114 e. The molecule has 0 radical (unpaired) electrons. The van der Waals surface area contributed by atoms with Gasteiger partial charge in [-0.05, 0) is 61.6 Å². The Morgan fingerprint density at radius 2 is 1.26 bits per heavy atom. The van der Waals surface area contributed by atoms with Gasteiger partial charge in [0.25, 0.3) is 0 Å². The van der Waals surface area contributed by atoms with E-state index in [1.54, 1.807) is 10.4 Å². The molecule has 5 aromatic carbocycles. The van der Waals surface area contributed by atoms with Gasteiger partial charge < -0.3 is 0 Å². The first-order chi connectivity index (χ1) is 19.1. The molecule has 2 nitrogen and oxygen atoms in total. The molecule has 1 aliphatic heterocycles. The minimum absolute atomic E-state index is 0.949. The van der Waals surface area contributed by atoms with Crippen molar-refractivity contribution in [3.8, 4) is 33.5 Å².